The van der Waals surface area contributed by atoms with Crippen molar-refractivity contribution in [2.45, 2.75) is 13.8 Å². The average Bonchev–Trinajstić information content (AvgIpc) is 2.29. The van der Waals surface area contributed by atoms with Gasteiger partial charge < -0.3 is 4.42 Å². The van der Waals surface area contributed by atoms with Crippen LogP contribution in [0.3, 0.4) is 0 Å². The molecule has 1 aromatic carbocycles. The Morgan fingerprint density at radius 3 is 2.67 bits per heavy atom. The molecular formula is C10H9BrO. The van der Waals surface area contributed by atoms with Crippen molar-refractivity contribution in [3.05, 3.63) is 34.0 Å². The lowest BCUT2D eigenvalue weighted by atomic mass is 10.2. The van der Waals surface area contributed by atoms with E-state index in [0.717, 1.165) is 15.8 Å². The molecule has 0 atom stereocenters. The average molecular weight is 225 g/mol. The molecule has 1 heterocycles. The van der Waals surface area contributed by atoms with Gasteiger partial charge in [-0.1, -0.05) is 15.9 Å². The van der Waals surface area contributed by atoms with E-state index in [9.17, 15) is 0 Å². The molecule has 0 aliphatic carbocycles. The van der Waals surface area contributed by atoms with E-state index in [-0.39, 0.29) is 0 Å². The van der Waals surface area contributed by atoms with Gasteiger partial charge in [-0.3, -0.25) is 0 Å². The first-order valence-corrected chi connectivity index (χ1v) is 4.62. The van der Waals surface area contributed by atoms with Crippen molar-refractivity contribution in [1.29, 1.82) is 0 Å². The highest BCUT2D eigenvalue weighted by Gasteiger charge is 2.03. The van der Waals surface area contributed by atoms with E-state index in [2.05, 4.69) is 35.0 Å². The van der Waals surface area contributed by atoms with Crippen LogP contribution in [0, 0.1) is 13.8 Å². The molecule has 2 aromatic rings. The van der Waals surface area contributed by atoms with Gasteiger partial charge in [0.15, 0.2) is 0 Å². The minimum atomic E-state index is 0.964. The van der Waals surface area contributed by atoms with Crippen molar-refractivity contribution in [3.8, 4) is 0 Å². The Morgan fingerprint density at radius 1 is 1.17 bits per heavy atom. The monoisotopic (exact) mass is 224 g/mol. The van der Waals surface area contributed by atoms with Crippen LogP contribution in [0.5, 0.6) is 0 Å². The maximum atomic E-state index is 5.53. The summed E-state index contributed by atoms with van der Waals surface area (Å²) in [5.41, 5.74) is 2.17. The van der Waals surface area contributed by atoms with Gasteiger partial charge in [0.2, 0.25) is 0 Å². The fourth-order valence-corrected chi connectivity index (χ4v) is 2.00. The molecule has 0 N–H and O–H groups in total. The van der Waals surface area contributed by atoms with Gasteiger partial charge in [0.25, 0.3) is 0 Å². The summed E-state index contributed by atoms with van der Waals surface area (Å²) in [5.74, 6) is 0.964. The first-order valence-electron chi connectivity index (χ1n) is 3.83. The smallest absolute Gasteiger partial charge is 0.137 e. The highest BCUT2D eigenvalue weighted by Crippen LogP contribution is 2.26. The van der Waals surface area contributed by atoms with Gasteiger partial charge in [-0.15, -0.1) is 0 Å². The van der Waals surface area contributed by atoms with E-state index in [0.29, 0.717) is 0 Å². The van der Waals surface area contributed by atoms with E-state index >= 15 is 0 Å². The van der Waals surface area contributed by atoms with Gasteiger partial charge in [-0.2, -0.15) is 0 Å². The van der Waals surface area contributed by atoms with E-state index in [1.54, 1.807) is 0 Å². The zero-order valence-electron chi connectivity index (χ0n) is 7.02. The number of aryl methyl sites for hydroxylation is 2. The molecule has 62 valence electrons. The summed E-state index contributed by atoms with van der Waals surface area (Å²) in [4.78, 5) is 0. The highest BCUT2D eigenvalue weighted by atomic mass is 79.9. The lowest BCUT2D eigenvalue weighted by Gasteiger charge is -1.95. The van der Waals surface area contributed by atoms with Gasteiger partial charge >= 0.3 is 0 Å². The number of hydrogen-bond donors (Lipinski definition) is 0. The van der Waals surface area contributed by atoms with Crippen LogP contribution < -0.4 is 0 Å². The molecule has 0 saturated carbocycles. The molecule has 0 aliphatic rings. The van der Waals surface area contributed by atoms with Gasteiger partial charge in [-0.25, -0.2) is 0 Å². The Bertz CT molecular complexity index is 429. The Hall–Kier alpha value is -0.760. The molecule has 2 heteroatoms. The van der Waals surface area contributed by atoms with Crippen LogP contribution in [-0.2, 0) is 0 Å². The Morgan fingerprint density at radius 2 is 1.92 bits per heavy atom. The maximum Gasteiger partial charge on any atom is 0.137 e. The van der Waals surface area contributed by atoms with Gasteiger partial charge in [0.05, 0.1) is 0 Å². The second kappa shape index (κ2) is 2.63. The zero-order valence-corrected chi connectivity index (χ0v) is 8.60. The van der Waals surface area contributed by atoms with Crippen LogP contribution in [0.4, 0.5) is 0 Å². The standard InChI is InChI=1S/C10H9BrO/c1-6-3-9(11)5-8-4-7(2)12-10(6)8/h3-5H,1-2H3. The molecule has 0 unspecified atom stereocenters. The Balaban J connectivity index is 2.88. The second-order valence-corrected chi connectivity index (χ2v) is 3.91. The second-order valence-electron chi connectivity index (χ2n) is 3.00. The normalized spacial score (nSPS) is 10.9. The number of benzene rings is 1. The summed E-state index contributed by atoms with van der Waals surface area (Å²) < 4.78 is 6.64. The van der Waals surface area contributed by atoms with Crippen molar-refractivity contribution in [1.82, 2.24) is 0 Å². The number of halogens is 1. The lowest BCUT2D eigenvalue weighted by Crippen LogP contribution is -1.72. The molecule has 0 aliphatic heterocycles. The molecule has 0 saturated heterocycles. The first kappa shape index (κ1) is 7.87. The fourth-order valence-electron chi connectivity index (χ4n) is 1.41. The van der Waals surface area contributed by atoms with Gasteiger partial charge in [0.1, 0.15) is 11.3 Å². The van der Waals surface area contributed by atoms with Crippen molar-refractivity contribution in [3.63, 3.8) is 0 Å². The molecule has 0 amide bonds. The van der Waals surface area contributed by atoms with E-state index in [1.165, 1.54) is 10.9 Å². The minimum absolute atomic E-state index is 0.964. The van der Waals surface area contributed by atoms with E-state index in [4.69, 9.17) is 4.42 Å². The van der Waals surface area contributed by atoms with Crippen LogP contribution in [-0.4, -0.2) is 0 Å². The van der Waals surface area contributed by atoms with Crippen LogP contribution in [0.1, 0.15) is 11.3 Å². The molecule has 2 rings (SSSR count). The third-order valence-electron chi connectivity index (χ3n) is 1.89. The van der Waals surface area contributed by atoms with Crippen molar-refractivity contribution in [2.75, 3.05) is 0 Å². The number of rotatable bonds is 0. The SMILES string of the molecule is Cc1cc2cc(Br)cc(C)c2o1. The summed E-state index contributed by atoms with van der Waals surface area (Å²) in [6.45, 7) is 4.02. The summed E-state index contributed by atoms with van der Waals surface area (Å²) >= 11 is 3.45. The third-order valence-corrected chi connectivity index (χ3v) is 2.35. The summed E-state index contributed by atoms with van der Waals surface area (Å²) in [7, 11) is 0. The molecule has 12 heavy (non-hydrogen) atoms. The molecule has 0 radical (unpaired) electrons. The van der Waals surface area contributed by atoms with Gasteiger partial charge in [0, 0.05) is 9.86 Å². The Labute approximate surface area is 79.5 Å². The molecule has 1 nitrogen and oxygen atoms in total. The van der Waals surface area contributed by atoms with Crippen LogP contribution in [0.2, 0.25) is 0 Å². The van der Waals surface area contributed by atoms with E-state index in [1.807, 2.05) is 13.0 Å². The van der Waals surface area contributed by atoms with Crippen molar-refractivity contribution < 1.29 is 4.42 Å². The summed E-state index contributed by atoms with van der Waals surface area (Å²) in [5, 5.41) is 1.17. The topological polar surface area (TPSA) is 13.1 Å². The van der Waals surface area contributed by atoms with Gasteiger partial charge in [-0.05, 0) is 37.6 Å². The predicted molar refractivity (Wildman–Crippen MR) is 53.4 cm³/mol. The van der Waals surface area contributed by atoms with E-state index < -0.39 is 0 Å². The number of hydrogen-bond acceptors (Lipinski definition) is 1. The maximum absolute atomic E-state index is 5.53. The largest absolute Gasteiger partial charge is 0.461 e. The molecular weight excluding hydrogens is 216 g/mol. The number of fused-ring (bicyclic) bond motifs is 1. The van der Waals surface area contributed by atoms with Crippen molar-refractivity contribution in [2.24, 2.45) is 0 Å². The number of furan rings is 1. The third kappa shape index (κ3) is 1.16. The lowest BCUT2D eigenvalue weighted by molar-refractivity contribution is 0.576. The molecule has 0 bridgehead atoms. The summed E-state index contributed by atoms with van der Waals surface area (Å²) in [6.07, 6.45) is 0. The molecule has 0 fully saturated rings. The fraction of sp³-hybridized carbons (Fsp3) is 0.200. The molecule has 1 aromatic heterocycles. The highest BCUT2D eigenvalue weighted by molar-refractivity contribution is 9.10. The predicted octanol–water partition coefficient (Wildman–Crippen LogP) is 3.81. The first-order chi connectivity index (χ1) is 5.66. The quantitative estimate of drug-likeness (QED) is 0.664. The summed E-state index contributed by atoms with van der Waals surface area (Å²) in [6, 6.07) is 6.18. The molecule has 0 spiro atoms. The minimum Gasteiger partial charge on any atom is -0.461 e. The van der Waals surface area contributed by atoms with Crippen LogP contribution in [0.25, 0.3) is 11.0 Å². The van der Waals surface area contributed by atoms with Crippen molar-refractivity contribution >= 4 is 26.9 Å². The zero-order chi connectivity index (χ0) is 8.72. The van der Waals surface area contributed by atoms with Crippen LogP contribution in [0.15, 0.2) is 27.1 Å². The Kier molecular flexibility index (Phi) is 1.72. The van der Waals surface area contributed by atoms with Crippen LogP contribution >= 0.6 is 15.9 Å².